The van der Waals surface area contributed by atoms with Gasteiger partial charge in [-0.3, -0.25) is 0 Å². The third-order valence-corrected chi connectivity index (χ3v) is 3.27. The van der Waals surface area contributed by atoms with Crippen LogP contribution < -0.4 is 4.74 Å². The van der Waals surface area contributed by atoms with E-state index in [9.17, 15) is 0 Å². The Morgan fingerprint density at radius 3 is 2.86 bits per heavy atom. The number of aromatic nitrogens is 3. The number of hydrogen-bond donors (Lipinski definition) is 0. The van der Waals surface area contributed by atoms with E-state index < -0.39 is 0 Å². The van der Waals surface area contributed by atoms with E-state index in [1.165, 1.54) is 0 Å². The highest BCUT2D eigenvalue weighted by Crippen LogP contribution is 2.31. The van der Waals surface area contributed by atoms with E-state index in [-0.39, 0.29) is 6.61 Å². The maximum Gasteiger partial charge on any atom is 0.252 e. The van der Waals surface area contributed by atoms with E-state index in [0.29, 0.717) is 29.8 Å². The Kier molecular flexibility index (Phi) is 4.02. The zero-order chi connectivity index (χ0) is 15.5. The number of aryl methyl sites for hydroxylation is 1. The van der Waals surface area contributed by atoms with Gasteiger partial charge in [0.25, 0.3) is 5.89 Å². The van der Waals surface area contributed by atoms with Gasteiger partial charge >= 0.3 is 0 Å². The van der Waals surface area contributed by atoms with Crippen LogP contribution >= 0.6 is 0 Å². The first-order valence-corrected chi connectivity index (χ1v) is 7.08. The van der Waals surface area contributed by atoms with Gasteiger partial charge < -0.3 is 14.0 Å². The summed E-state index contributed by atoms with van der Waals surface area (Å²) in [5, 5.41) is 5.00. The maximum atomic E-state index is 5.66. The minimum atomic E-state index is 0.275. The standard InChI is InChI=1S/C16H17N3O3/c1-4-21-16-12(15-17-13(9-20-3)22-19-15)8-11-7-5-6-10(2)14(11)18-16/h5-8H,4,9H2,1-3H3. The van der Waals surface area contributed by atoms with Gasteiger partial charge in [-0.2, -0.15) is 4.98 Å². The van der Waals surface area contributed by atoms with Crippen molar-refractivity contribution in [3.05, 3.63) is 35.7 Å². The summed E-state index contributed by atoms with van der Waals surface area (Å²) in [5.41, 5.74) is 2.72. The fourth-order valence-electron chi connectivity index (χ4n) is 2.28. The predicted octanol–water partition coefficient (Wildman–Crippen LogP) is 3.14. The van der Waals surface area contributed by atoms with Crippen LogP contribution in [0.15, 0.2) is 28.8 Å². The molecule has 0 spiro atoms. The lowest BCUT2D eigenvalue weighted by Crippen LogP contribution is -1.99. The van der Waals surface area contributed by atoms with E-state index in [1.54, 1.807) is 7.11 Å². The normalized spacial score (nSPS) is 11.0. The molecule has 1 aromatic carbocycles. The second-order valence-corrected chi connectivity index (χ2v) is 4.87. The summed E-state index contributed by atoms with van der Waals surface area (Å²) < 4.78 is 15.8. The molecule has 0 radical (unpaired) electrons. The van der Waals surface area contributed by atoms with Crippen molar-refractivity contribution in [2.75, 3.05) is 13.7 Å². The molecule has 114 valence electrons. The molecular weight excluding hydrogens is 282 g/mol. The van der Waals surface area contributed by atoms with Crippen molar-refractivity contribution in [3.8, 4) is 17.3 Å². The average Bonchev–Trinajstić information content (AvgIpc) is 2.97. The van der Waals surface area contributed by atoms with Crippen LogP contribution in [0.1, 0.15) is 18.4 Å². The van der Waals surface area contributed by atoms with Gasteiger partial charge in [-0.15, -0.1) is 0 Å². The van der Waals surface area contributed by atoms with Crippen LogP contribution in [-0.2, 0) is 11.3 Å². The van der Waals surface area contributed by atoms with Crippen LogP contribution in [0.4, 0.5) is 0 Å². The first-order valence-electron chi connectivity index (χ1n) is 7.08. The summed E-state index contributed by atoms with van der Waals surface area (Å²) >= 11 is 0. The molecule has 0 unspecified atom stereocenters. The van der Waals surface area contributed by atoms with Crippen molar-refractivity contribution in [3.63, 3.8) is 0 Å². The minimum Gasteiger partial charge on any atom is -0.477 e. The van der Waals surface area contributed by atoms with E-state index >= 15 is 0 Å². The zero-order valence-electron chi connectivity index (χ0n) is 12.8. The lowest BCUT2D eigenvalue weighted by Gasteiger charge is -2.09. The number of benzene rings is 1. The largest absolute Gasteiger partial charge is 0.477 e. The van der Waals surface area contributed by atoms with Gasteiger partial charge in [0.2, 0.25) is 11.7 Å². The molecule has 0 atom stereocenters. The number of methoxy groups -OCH3 is 1. The SMILES string of the molecule is CCOc1nc2c(C)cccc2cc1-c1noc(COC)n1. The van der Waals surface area contributed by atoms with Crippen LogP contribution in [0.25, 0.3) is 22.3 Å². The van der Waals surface area contributed by atoms with Crippen molar-refractivity contribution >= 4 is 10.9 Å². The van der Waals surface area contributed by atoms with Crippen molar-refractivity contribution in [1.82, 2.24) is 15.1 Å². The van der Waals surface area contributed by atoms with Crippen molar-refractivity contribution < 1.29 is 14.0 Å². The van der Waals surface area contributed by atoms with Crippen molar-refractivity contribution in [2.45, 2.75) is 20.5 Å². The van der Waals surface area contributed by atoms with Gasteiger partial charge in [0.1, 0.15) is 6.61 Å². The number of pyridine rings is 1. The lowest BCUT2D eigenvalue weighted by molar-refractivity contribution is 0.151. The molecular formula is C16H17N3O3. The third-order valence-electron chi connectivity index (χ3n) is 3.27. The molecule has 6 heteroatoms. The Hall–Kier alpha value is -2.47. The molecule has 0 saturated carbocycles. The number of nitrogens with zero attached hydrogens (tertiary/aromatic N) is 3. The molecule has 0 N–H and O–H groups in total. The number of para-hydroxylation sites is 1. The number of ether oxygens (including phenoxy) is 2. The molecule has 0 saturated heterocycles. The Morgan fingerprint density at radius 1 is 1.23 bits per heavy atom. The van der Waals surface area contributed by atoms with E-state index in [0.717, 1.165) is 16.5 Å². The van der Waals surface area contributed by atoms with E-state index in [2.05, 4.69) is 15.1 Å². The Balaban J connectivity index is 2.15. The molecule has 0 aliphatic rings. The molecule has 0 bridgehead atoms. The molecule has 0 aliphatic carbocycles. The second kappa shape index (κ2) is 6.11. The number of fused-ring (bicyclic) bond motifs is 1. The summed E-state index contributed by atoms with van der Waals surface area (Å²) in [6.07, 6.45) is 0. The van der Waals surface area contributed by atoms with Gasteiger partial charge in [0, 0.05) is 12.5 Å². The van der Waals surface area contributed by atoms with Gasteiger partial charge in [-0.1, -0.05) is 23.4 Å². The summed E-state index contributed by atoms with van der Waals surface area (Å²) in [5.74, 6) is 1.38. The summed E-state index contributed by atoms with van der Waals surface area (Å²) in [7, 11) is 1.58. The summed E-state index contributed by atoms with van der Waals surface area (Å²) in [4.78, 5) is 8.94. The van der Waals surface area contributed by atoms with E-state index in [1.807, 2.05) is 38.1 Å². The first kappa shape index (κ1) is 14.5. The fraction of sp³-hybridized carbons (Fsp3) is 0.312. The predicted molar refractivity (Wildman–Crippen MR) is 81.7 cm³/mol. The lowest BCUT2D eigenvalue weighted by atomic mass is 10.1. The minimum absolute atomic E-state index is 0.275. The topological polar surface area (TPSA) is 70.3 Å². The van der Waals surface area contributed by atoms with Gasteiger partial charge in [-0.25, -0.2) is 4.98 Å². The van der Waals surface area contributed by atoms with Crippen LogP contribution in [0.5, 0.6) is 5.88 Å². The summed E-state index contributed by atoms with van der Waals surface area (Å²) in [6.45, 7) is 4.73. The molecule has 6 nitrogen and oxygen atoms in total. The Bertz CT molecular complexity index is 798. The van der Waals surface area contributed by atoms with Crippen LogP contribution in [0.3, 0.4) is 0 Å². The number of rotatable bonds is 5. The molecule has 0 amide bonds. The zero-order valence-corrected chi connectivity index (χ0v) is 12.8. The van der Waals surface area contributed by atoms with Gasteiger partial charge in [0.15, 0.2) is 0 Å². The quantitative estimate of drug-likeness (QED) is 0.721. The first-order chi connectivity index (χ1) is 10.7. The highest BCUT2D eigenvalue weighted by atomic mass is 16.5. The highest BCUT2D eigenvalue weighted by molar-refractivity contribution is 5.87. The molecule has 2 heterocycles. The number of hydrogen-bond acceptors (Lipinski definition) is 6. The van der Waals surface area contributed by atoms with Crippen LogP contribution in [-0.4, -0.2) is 28.8 Å². The van der Waals surface area contributed by atoms with E-state index in [4.69, 9.17) is 14.0 Å². The third kappa shape index (κ3) is 2.65. The van der Waals surface area contributed by atoms with Gasteiger partial charge in [0.05, 0.1) is 17.7 Å². The van der Waals surface area contributed by atoms with Crippen LogP contribution in [0, 0.1) is 6.92 Å². The van der Waals surface area contributed by atoms with Crippen molar-refractivity contribution in [1.29, 1.82) is 0 Å². The van der Waals surface area contributed by atoms with Crippen molar-refractivity contribution in [2.24, 2.45) is 0 Å². The van der Waals surface area contributed by atoms with Gasteiger partial charge in [-0.05, 0) is 25.5 Å². The Morgan fingerprint density at radius 2 is 2.09 bits per heavy atom. The highest BCUT2D eigenvalue weighted by Gasteiger charge is 2.16. The summed E-state index contributed by atoms with van der Waals surface area (Å²) in [6, 6.07) is 8.00. The molecule has 0 fully saturated rings. The smallest absolute Gasteiger partial charge is 0.252 e. The van der Waals surface area contributed by atoms with Crippen LogP contribution in [0.2, 0.25) is 0 Å². The molecule has 2 aromatic heterocycles. The maximum absolute atomic E-state index is 5.66. The molecule has 3 rings (SSSR count). The molecule has 22 heavy (non-hydrogen) atoms. The fourth-order valence-corrected chi connectivity index (χ4v) is 2.28. The molecule has 0 aliphatic heterocycles. The Labute approximate surface area is 128 Å². The second-order valence-electron chi connectivity index (χ2n) is 4.87. The molecule has 3 aromatic rings. The monoisotopic (exact) mass is 299 g/mol. The average molecular weight is 299 g/mol.